The highest BCUT2D eigenvalue weighted by Gasteiger charge is 1.90. The van der Waals surface area contributed by atoms with Crippen molar-refractivity contribution < 1.29 is 0 Å². The molecule has 0 aliphatic heterocycles. The zero-order valence-electron chi connectivity index (χ0n) is 7.70. The van der Waals surface area contributed by atoms with E-state index >= 15 is 0 Å². The molecule has 70 valence electrons. The Morgan fingerprint density at radius 1 is 1.43 bits per heavy atom. The quantitative estimate of drug-likeness (QED) is 0.750. The molecule has 14 heavy (non-hydrogen) atoms. The van der Waals surface area contributed by atoms with Crippen LogP contribution in [0.2, 0.25) is 0 Å². The second-order valence-corrected chi connectivity index (χ2v) is 3.88. The van der Waals surface area contributed by atoms with Gasteiger partial charge in [0.05, 0.1) is 11.6 Å². The van der Waals surface area contributed by atoms with Crippen molar-refractivity contribution in [1.82, 2.24) is 0 Å². The molecule has 0 saturated carbocycles. The Kier molecular flexibility index (Phi) is 4.15. The van der Waals surface area contributed by atoms with Gasteiger partial charge in [-0.3, -0.25) is 0 Å². The predicted octanol–water partition coefficient (Wildman–Crippen LogP) is 3.57. The van der Waals surface area contributed by atoms with Gasteiger partial charge in [-0.1, -0.05) is 46.8 Å². The Labute approximate surface area is 92.5 Å². The van der Waals surface area contributed by atoms with Crippen LogP contribution in [0.5, 0.6) is 0 Å². The Balaban J connectivity index is 2.61. The Bertz CT molecular complexity index is 382. The fraction of sp³-hybridized carbons (Fsp3) is 0.0833. The van der Waals surface area contributed by atoms with E-state index in [1.54, 1.807) is 0 Å². The van der Waals surface area contributed by atoms with Crippen LogP contribution in [0.25, 0.3) is 0 Å². The lowest BCUT2D eigenvalue weighted by molar-refractivity contribution is 1.26. The van der Waals surface area contributed by atoms with Gasteiger partial charge in [-0.2, -0.15) is 5.26 Å². The largest absolute Gasteiger partial charge is 0.192 e. The maximum absolute atomic E-state index is 8.60. The van der Waals surface area contributed by atoms with E-state index in [0.717, 1.165) is 10.9 Å². The molecular formula is C12H10BrN. The molecule has 0 radical (unpaired) electrons. The summed E-state index contributed by atoms with van der Waals surface area (Å²) in [5, 5.41) is 8.60. The van der Waals surface area contributed by atoms with Gasteiger partial charge in [-0.05, 0) is 24.1 Å². The molecule has 0 aliphatic carbocycles. The molecule has 0 amide bonds. The van der Waals surface area contributed by atoms with Crippen molar-refractivity contribution in [3.05, 3.63) is 58.6 Å². The molecule has 0 bridgehead atoms. The normalized spacial score (nSPS) is 10.0. The summed E-state index contributed by atoms with van der Waals surface area (Å²) < 4.78 is 0.867. The molecule has 0 aliphatic rings. The maximum Gasteiger partial charge on any atom is 0.0991 e. The number of hydrogen-bond donors (Lipinski definition) is 0. The fourth-order valence-corrected chi connectivity index (χ4v) is 1.23. The van der Waals surface area contributed by atoms with E-state index in [2.05, 4.69) is 28.6 Å². The topological polar surface area (TPSA) is 23.8 Å². The van der Waals surface area contributed by atoms with Crippen molar-refractivity contribution >= 4 is 15.9 Å². The number of benzene rings is 1. The number of halogens is 1. The van der Waals surface area contributed by atoms with Crippen LogP contribution in [-0.2, 0) is 6.42 Å². The zero-order chi connectivity index (χ0) is 10.4. The second kappa shape index (κ2) is 5.41. The van der Waals surface area contributed by atoms with E-state index in [9.17, 15) is 0 Å². The number of rotatable bonds is 3. The van der Waals surface area contributed by atoms with Gasteiger partial charge in [0.1, 0.15) is 0 Å². The summed E-state index contributed by atoms with van der Waals surface area (Å²) in [6.07, 6.45) is 4.80. The van der Waals surface area contributed by atoms with Gasteiger partial charge in [0.25, 0.3) is 0 Å². The minimum absolute atomic E-state index is 0.697. The molecule has 2 heteroatoms. The molecule has 0 unspecified atom stereocenters. The van der Waals surface area contributed by atoms with E-state index < -0.39 is 0 Å². The first-order valence-corrected chi connectivity index (χ1v) is 5.01. The van der Waals surface area contributed by atoms with Crippen LogP contribution < -0.4 is 0 Å². The highest BCUT2D eigenvalue weighted by molar-refractivity contribution is 9.11. The van der Waals surface area contributed by atoms with Crippen molar-refractivity contribution in [2.24, 2.45) is 0 Å². The van der Waals surface area contributed by atoms with E-state index in [1.807, 2.05) is 36.4 Å². The number of nitriles is 1. The molecule has 0 spiro atoms. The van der Waals surface area contributed by atoms with Gasteiger partial charge < -0.3 is 0 Å². The molecule has 0 fully saturated rings. The third-order valence-electron chi connectivity index (χ3n) is 1.74. The standard InChI is InChI=1S/C12H10BrN/c1-10(13)3-2-4-11-5-7-12(9-14)8-6-11/h2-3,5-8H,1,4H2/b3-2-. The average Bonchev–Trinajstić information content (AvgIpc) is 2.18. The molecule has 0 atom stereocenters. The monoisotopic (exact) mass is 247 g/mol. The van der Waals surface area contributed by atoms with Crippen LogP contribution in [0.15, 0.2) is 47.5 Å². The van der Waals surface area contributed by atoms with E-state index in [1.165, 1.54) is 5.56 Å². The molecule has 0 N–H and O–H groups in total. The smallest absolute Gasteiger partial charge is 0.0991 e. The number of allylic oxidation sites excluding steroid dienone is 3. The van der Waals surface area contributed by atoms with Gasteiger partial charge in [0.15, 0.2) is 0 Å². The number of nitrogens with zero attached hydrogens (tertiary/aromatic N) is 1. The van der Waals surface area contributed by atoms with Crippen molar-refractivity contribution in [1.29, 1.82) is 5.26 Å². The molecular weight excluding hydrogens is 238 g/mol. The highest BCUT2D eigenvalue weighted by Crippen LogP contribution is 2.07. The SMILES string of the molecule is C=C(Br)/C=C\Cc1ccc(C#N)cc1. The van der Waals surface area contributed by atoms with Gasteiger partial charge in [-0.25, -0.2) is 0 Å². The Morgan fingerprint density at radius 3 is 2.57 bits per heavy atom. The van der Waals surface area contributed by atoms with Crippen molar-refractivity contribution in [2.75, 3.05) is 0 Å². The summed E-state index contributed by atoms with van der Waals surface area (Å²) in [4.78, 5) is 0. The predicted molar refractivity (Wildman–Crippen MR) is 62.1 cm³/mol. The summed E-state index contributed by atoms with van der Waals surface area (Å²) >= 11 is 3.25. The van der Waals surface area contributed by atoms with E-state index in [0.29, 0.717) is 5.56 Å². The fourth-order valence-electron chi connectivity index (χ4n) is 1.04. The Morgan fingerprint density at radius 2 is 2.07 bits per heavy atom. The van der Waals surface area contributed by atoms with Crippen molar-refractivity contribution in [3.8, 4) is 6.07 Å². The lowest BCUT2D eigenvalue weighted by atomic mass is 10.1. The molecule has 1 aromatic rings. The van der Waals surface area contributed by atoms with E-state index in [4.69, 9.17) is 5.26 Å². The highest BCUT2D eigenvalue weighted by atomic mass is 79.9. The third kappa shape index (κ3) is 3.59. The first-order valence-electron chi connectivity index (χ1n) is 4.22. The van der Waals surface area contributed by atoms with Gasteiger partial charge >= 0.3 is 0 Å². The van der Waals surface area contributed by atoms with E-state index in [-0.39, 0.29) is 0 Å². The molecule has 1 aromatic carbocycles. The van der Waals surface area contributed by atoms with Gasteiger partial charge in [-0.15, -0.1) is 0 Å². The third-order valence-corrected chi connectivity index (χ3v) is 2.00. The summed E-state index contributed by atoms with van der Waals surface area (Å²) in [5.74, 6) is 0. The minimum Gasteiger partial charge on any atom is -0.192 e. The van der Waals surface area contributed by atoms with Crippen LogP contribution >= 0.6 is 15.9 Å². The molecule has 1 rings (SSSR count). The summed E-state index contributed by atoms with van der Waals surface area (Å²) in [7, 11) is 0. The van der Waals surface area contributed by atoms with Gasteiger partial charge in [0, 0.05) is 4.48 Å². The first-order chi connectivity index (χ1) is 6.72. The van der Waals surface area contributed by atoms with Crippen molar-refractivity contribution in [3.63, 3.8) is 0 Å². The van der Waals surface area contributed by atoms with Crippen LogP contribution in [0, 0.1) is 11.3 Å². The second-order valence-electron chi connectivity index (χ2n) is 2.86. The lowest BCUT2D eigenvalue weighted by Crippen LogP contribution is -1.81. The average molecular weight is 248 g/mol. The maximum atomic E-state index is 8.60. The summed E-state index contributed by atoms with van der Waals surface area (Å²) in [6.45, 7) is 3.70. The van der Waals surface area contributed by atoms with Crippen LogP contribution in [0.3, 0.4) is 0 Å². The Hall–Kier alpha value is -1.33. The molecule has 0 heterocycles. The summed E-state index contributed by atoms with van der Waals surface area (Å²) in [5.41, 5.74) is 1.89. The number of hydrogen-bond acceptors (Lipinski definition) is 1. The van der Waals surface area contributed by atoms with Crippen molar-refractivity contribution in [2.45, 2.75) is 6.42 Å². The molecule has 0 aromatic heterocycles. The minimum atomic E-state index is 0.697. The zero-order valence-corrected chi connectivity index (χ0v) is 9.29. The van der Waals surface area contributed by atoms with Crippen LogP contribution in [0.1, 0.15) is 11.1 Å². The molecule has 0 saturated heterocycles. The van der Waals surface area contributed by atoms with Crippen LogP contribution in [-0.4, -0.2) is 0 Å². The van der Waals surface area contributed by atoms with Gasteiger partial charge in [0.2, 0.25) is 0 Å². The lowest BCUT2D eigenvalue weighted by Gasteiger charge is -1.95. The summed E-state index contributed by atoms with van der Waals surface area (Å²) in [6, 6.07) is 9.66. The molecule has 1 nitrogen and oxygen atoms in total. The van der Waals surface area contributed by atoms with Crippen LogP contribution in [0.4, 0.5) is 0 Å². The first kappa shape index (κ1) is 10.7.